The zero-order valence-corrected chi connectivity index (χ0v) is 19.3. The number of aromatic amines is 1. The molecule has 1 aliphatic heterocycles. The second-order valence-electron chi connectivity index (χ2n) is 8.84. The summed E-state index contributed by atoms with van der Waals surface area (Å²) < 4.78 is 38.1. The molecule has 11 heteroatoms. The van der Waals surface area contributed by atoms with E-state index in [0.29, 0.717) is 17.1 Å². The second kappa shape index (κ2) is 10.0. The van der Waals surface area contributed by atoms with Gasteiger partial charge in [0.05, 0.1) is 17.9 Å². The van der Waals surface area contributed by atoms with Gasteiger partial charge in [-0.25, -0.2) is 9.97 Å². The fraction of sp³-hybridized carbons (Fsp3) is 0.320. The maximum Gasteiger partial charge on any atom is 0.434 e. The van der Waals surface area contributed by atoms with E-state index in [4.69, 9.17) is 0 Å². The van der Waals surface area contributed by atoms with E-state index >= 15 is 0 Å². The average Bonchev–Trinajstić information content (AvgIpc) is 3.12. The molecule has 1 aliphatic rings. The van der Waals surface area contributed by atoms with Gasteiger partial charge in [-0.1, -0.05) is 18.9 Å². The first-order valence-corrected chi connectivity index (χ1v) is 11.7. The number of likely N-dealkylation sites (tertiary alicyclic amines) is 1. The van der Waals surface area contributed by atoms with Crippen LogP contribution in [0.4, 0.5) is 19.0 Å². The minimum atomic E-state index is -4.61. The van der Waals surface area contributed by atoms with Crippen LogP contribution in [-0.4, -0.2) is 49.0 Å². The number of alkyl halides is 3. The van der Waals surface area contributed by atoms with Crippen molar-refractivity contribution in [1.29, 1.82) is 0 Å². The zero-order chi connectivity index (χ0) is 25.1. The topological polar surface area (TPSA) is 99.7 Å². The third kappa shape index (κ3) is 5.35. The van der Waals surface area contributed by atoms with Gasteiger partial charge in [0.1, 0.15) is 0 Å². The third-order valence-corrected chi connectivity index (χ3v) is 6.19. The molecule has 0 radical (unpaired) electrons. The maximum absolute atomic E-state index is 12.8. The first-order chi connectivity index (χ1) is 17.4. The minimum Gasteiger partial charge on any atom is -0.304 e. The molecular weight excluding hydrogens is 471 g/mol. The van der Waals surface area contributed by atoms with Gasteiger partial charge in [-0.15, -0.1) is 0 Å². The van der Waals surface area contributed by atoms with E-state index in [1.165, 1.54) is 25.7 Å². The summed E-state index contributed by atoms with van der Waals surface area (Å²) >= 11 is 0. The molecule has 4 aromatic rings. The van der Waals surface area contributed by atoms with Crippen LogP contribution in [0.3, 0.4) is 0 Å². The lowest BCUT2D eigenvalue weighted by atomic mass is 10.0. The van der Waals surface area contributed by atoms with Crippen molar-refractivity contribution in [1.82, 2.24) is 30.0 Å². The molecule has 5 rings (SSSR count). The molecule has 0 unspecified atom stereocenters. The van der Waals surface area contributed by atoms with E-state index in [9.17, 15) is 18.0 Å². The van der Waals surface area contributed by atoms with Crippen LogP contribution in [0.15, 0.2) is 49.1 Å². The van der Waals surface area contributed by atoms with E-state index in [0.717, 1.165) is 42.5 Å². The van der Waals surface area contributed by atoms with Crippen LogP contribution in [-0.2, 0) is 12.7 Å². The summed E-state index contributed by atoms with van der Waals surface area (Å²) in [4.78, 5) is 26.7. The summed E-state index contributed by atoms with van der Waals surface area (Å²) in [5.74, 6) is -0.716. The number of halogens is 3. The van der Waals surface area contributed by atoms with Crippen LogP contribution in [0.5, 0.6) is 0 Å². The molecule has 36 heavy (non-hydrogen) atoms. The molecule has 3 aromatic heterocycles. The number of nitrogens with one attached hydrogen (secondary N) is 2. The van der Waals surface area contributed by atoms with Crippen molar-refractivity contribution in [3.63, 3.8) is 0 Å². The predicted molar refractivity (Wildman–Crippen MR) is 128 cm³/mol. The monoisotopic (exact) mass is 495 g/mol. The largest absolute Gasteiger partial charge is 0.434 e. The Morgan fingerprint density at radius 1 is 0.972 bits per heavy atom. The SMILES string of the molecule is O=C(Nc1cnc(C(F)(F)F)cn1)c1n[nH]c2ccc(-c3cncc(CN4CCCCCC4)c3)cc12. The van der Waals surface area contributed by atoms with Gasteiger partial charge in [-0.3, -0.25) is 19.8 Å². The highest BCUT2D eigenvalue weighted by Gasteiger charge is 2.32. The van der Waals surface area contributed by atoms with E-state index in [1.54, 1.807) is 6.20 Å². The lowest BCUT2D eigenvalue weighted by Gasteiger charge is -2.19. The fourth-order valence-corrected chi connectivity index (χ4v) is 4.37. The van der Waals surface area contributed by atoms with Gasteiger partial charge in [0.25, 0.3) is 5.91 Å². The Balaban J connectivity index is 1.36. The predicted octanol–water partition coefficient (Wildman–Crippen LogP) is 5.06. The first kappa shape index (κ1) is 23.9. The van der Waals surface area contributed by atoms with Crippen molar-refractivity contribution in [2.45, 2.75) is 38.4 Å². The van der Waals surface area contributed by atoms with Gasteiger partial charge in [0.15, 0.2) is 17.2 Å². The van der Waals surface area contributed by atoms with Gasteiger partial charge in [-0.2, -0.15) is 18.3 Å². The molecule has 186 valence electrons. The number of hydrogen-bond acceptors (Lipinski definition) is 6. The molecule has 2 N–H and O–H groups in total. The molecule has 0 atom stereocenters. The number of anilines is 1. The number of pyridine rings is 1. The number of benzene rings is 1. The van der Waals surface area contributed by atoms with Gasteiger partial charge >= 0.3 is 6.18 Å². The lowest BCUT2D eigenvalue weighted by Crippen LogP contribution is -2.24. The van der Waals surface area contributed by atoms with Crippen LogP contribution in [0.1, 0.15) is 47.4 Å². The highest BCUT2D eigenvalue weighted by Crippen LogP contribution is 2.28. The summed E-state index contributed by atoms with van der Waals surface area (Å²) in [6.07, 6.45) is 5.48. The summed E-state index contributed by atoms with van der Waals surface area (Å²) in [7, 11) is 0. The van der Waals surface area contributed by atoms with Crippen LogP contribution >= 0.6 is 0 Å². The van der Waals surface area contributed by atoms with Crippen LogP contribution in [0.25, 0.3) is 22.0 Å². The zero-order valence-electron chi connectivity index (χ0n) is 19.3. The van der Waals surface area contributed by atoms with E-state index in [-0.39, 0.29) is 11.5 Å². The van der Waals surface area contributed by atoms with Crippen molar-refractivity contribution >= 4 is 22.6 Å². The Hall–Kier alpha value is -3.86. The first-order valence-electron chi connectivity index (χ1n) is 11.7. The molecule has 4 heterocycles. The molecule has 0 aliphatic carbocycles. The normalized spacial score (nSPS) is 15.1. The Labute approximate surface area is 205 Å². The molecule has 1 amide bonds. The van der Waals surface area contributed by atoms with Crippen molar-refractivity contribution in [3.05, 3.63) is 66.0 Å². The maximum atomic E-state index is 12.8. The van der Waals surface area contributed by atoms with Gasteiger partial charge in [0.2, 0.25) is 0 Å². The average molecular weight is 496 g/mol. The molecule has 1 saturated heterocycles. The number of H-pyrrole nitrogens is 1. The smallest absolute Gasteiger partial charge is 0.304 e. The Bertz CT molecular complexity index is 1360. The Morgan fingerprint density at radius 2 is 1.78 bits per heavy atom. The van der Waals surface area contributed by atoms with Crippen molar-refractivity contribution in [2.75, 3.05) is 18.4 Å². The van der Waals surface area contributed by atoms with Gasteiger partial charge < -0.3 is 5.32 Å². The number of carbonyl (C=O) groups is 1. The summed E-state index contributed by atoms with van der Waals surface area (Å²) in [5, 5.41) is 9.94. The Morgan fingerprint density at radius 3 is 2.50 bits per heavy atom. The van der Waals surface area contributed by atoms with E-state index in [1.807, 2.05) is 24.4 Å². The lowest BCUT2D eigenvalue weighted by molar-refractivity contribution is -0.141. The summed E-state index contributed by atoms with van der Waals surface area (Å²) in [6, 6.07) is 7.71. The van der Waals surface area contributed by atoms with Crippen molar-refractivity contribution in [3.8, 4) is 11.1 Å². The highest BCUT2D eigenvalue weighted by molar-refractivity contribution is 6.11. The highest BCUT2D eigenvalue weighted by atomic mass is 19.4. The van der Waals surface area contributed by atoms with Crippen LogP contribution in [0.2, 0.25) is 0 Å². The molecule has 8 nitrogen and oxygen atoms in total. The summed E-state index contributed by atoms with van der Waals surface area (Å²) in [6.45, 7) is 3.02. The quantitative estimate of drug-likeness (QED) is 0.401. The summed E-state index contributed by atoms with van der Waals surface area (Å²) in [5.41, 5.74) is 2.53. The number of fused-ring (bicyclic) bond motifs is 1. The standard InChI is InChI=1S/C25H24F3N7O/c26-25(27,28)21-13-31-22(14-30-21)32-24(36)23-19-10-17(5-6-20(19)33-34-23)18-9-16(11-29-12-18)15-35-7-3-1-2-4-8-35/h5-6,9-14H,1-4,7-8,15H2,(H,33,34)(H,31,32,36). The molecule has 0 bridgehead atoms. The van der Waals surface area contributed by atoms with Crippen LogP contribution in [0, 0.1) is 0 Å². The van der Waals surface area contributed by atoms with Crippen molar-refractivity contribution in [2.24, 2.45) is 0 Å². The number of amides is 1. The number of rotatable bonds is 5. The minimum absolute atomic E-state index is 0.0993. The number of hydrogen-bond donors (Lipinski definition) is 2. The fourth-order valence-electron chi connectivity index (χ4n) is 4.37. The number of carbonyl (C=O) groups excluding carboxylic acids is 1. The van der Waals surface area contributed by atoms with E-state index in [2.05, 4.69) is 41.4 Å². The number of aromatic nitrogens is 5. The van der Waals surface area contributed by atoms with E-state index < -0.39 is 17.8 Å². The molecule has 0 saturated carbocycles. The molecule has 1 aromatic carbocycles. The second-order valence-corrected chi connectivity index (χ2v) is 8.84. The molecule has 0 spiro atoms. The molecule has 1 fully saturated rings. The van der Waals surface area contributed by atoms with Crippen LogP contribution < -0.4 is 5.32 Å². The Kier molecular flexibility index (Phi) is 6.64. The van der Waals surface area contributed by atoms with Gasteiger partial charge in [0, 0.05) is 29.9 Å². The third-order valence-electron chi connectivity index (χ3n) is 6.19. The molecular formula is C25H24F3N7O. The van der Waals surface area contributed by atoms with Crippen molar-refractivity contribution < 1.29 is 18.0 Å². The number of nitrogens with zero attached hydrogens (tertiary/aromatic N) is 5. The van der Waals surface area contributed by atoms with Gasteiger partial charge in [-0.05, 0) is 55.3 Å².